The zero-order chi connectivity index (χ0) is 5.58. The second-order valence-electron chi connectivity index (χ2n) is 0.247. The third-order valence-corrected chi connectivity index (χ3v) is 0. The minimum Gasteiger partial charge on any atom is -0.329 e. The summed E-state index contributed by atoms with van der Waals surface area (Å²) in [5, 5.41) is 0. The lowest BCUT2D eigenvalue weighted by Crippen LogP contribution is -1.66. The Morgan fingerprint density at radius 3 is 1.17 bits per heavy atom. The monoisotopic (exact) mass is 162 g/mol. The lowest BCUT2D eigenvalue weighted by molar-refractivity contribution is 1.64. The number of nitrogens with two attached hydrogens (primary N) is 1. The van der Waals surface area contributed by atoms with Gasteiger partial charge >= 0.3 is 11.4 Å². The third-order valence-electron chi connectivity index (χ3n) is 0. The van der Waals surface area contributed by atoms with Gasteiger partial charge in [0.15, 0.2) is 0 Å². The standard InChI is InChI=1S/CH4N.Al.3ClH/c1-2;;;;/h1-2H2;;3*1H/q;+3;;;/p-3. The van der Waals surface area contributed by atoms with E-state index in [1.807, 2.05) is 0 Å². The molecular weight excluding hydrogens is 159 g/mol. The van der Waals surface area contributed by atoms with Crippen molar-refractivity contribution in [2.45, 2.75) is 0 Å². The van der Waals surface area contributed by atoms with Gasteiger partial charge in [-0.05, 0) is 0 Å². The van der Waals surface area contributed by atoms with Crippen LogP contribution >= 0.6 is 30.1 Å². The summed E-state index contributed by atoms with van der Waals surface area (Å²) in [5.74, 6) is 0. The molecule has 0 saturated carbocycles. The van der Waals surface area contributed by atoms with Gasteiger partial charge in [0.1, 0.15) is 0 Å². The van der Waals surface area contributed by atoms with Gasteiger partial charge in [0.25, 0.3) is 0 Å². The Morgan fingerprint density at radius 1 is 1.17 bits per heavy atom. The van der Waals surface area contributed by atoms with Crippen LogP contribution in [0.25, 0.3) is 0 Å². The van der Waals surface area contributed by atoms with Crippen molar-refractivity contribution in [2.24, 2.45) is 5.73 Å². The topological polar surface area (TPSA) is 26.0 Å². The van der Waals surface area contributed by atoms with Crippen molar-refractivity contribution < 1.29 is 0 Å². The van der Waals surface area contributed by atoms with Crippen LogP contribution in [0.1, 0.15) is 0 Å². The Hall–Kier alpha value is 1.36. The summed E-state index contributed by atoms with van der Waals surface area (Å²) in [7, 11) is 17.6. The lowest BCUT2D eigenvalue weighted by atomic mass is 11.6. The summed E-state index contributed by atoms with van der Waals surface area (Å²) in [6.45, 7) is 0. The molecule has 0 aliphatic rings. The molecule has 0 saturated heterocycles. The number of hydrogen-bond acceptors (Lipinski definition) is 1. The van der Waals surface area contributed by atoms with Crippen molar-refractivity contribution >= 4 is 41.5 Å². The summed E-state index contributed by atoms with van der Waals surface area (Å²) in [6.07, 6.45) is 0. The normalized spacial score (nSPS) is 5.50. The molecule has 0 aliphatic heterocycles. The Balaban J connectivity index is 0. The maximum Gasteiger partial charge on any atom is 0.643 e. The first-order valence-corrected chi connectivity index (χ1v) is 6.30. The van der Waals surface area contributed by atoms with Gasteiger partial charge < -0.3 is 5.73 Å². The van der Waals surface area contributed by atoms with Crippen LogP contribution in [0.4, 0.5) is 0 Å². The van der Waals surface area contributed by atoms with E-state index >= 15 is 0 Å². The first kappa shape index (κ1) is 10.4. The Labute approximate surface area is 54.4 Å². The molecular formula is CH4AlCl3N. The minimum absolute atomic E-state index is 1.72. The molecule has 6 heavy (non-hydrogen) atoms. The van der Waals surface area contributed by atoms with Crippen molar-refractivity contribution in [1.29, 1.82) is 0 Å². The molecule has 0 heterocycles. The summed E-state index contributed by atoms with van der Waals surface area (Å²) in [4.78, 5) is 0. The first-order chi connectivity index (χ1) is 2.73. The summed E-state index contributed by atoms with van der Waals surface area (Å²) in [6, 6.07) is 0. The quantitative estimate of drug-likeness (QED) is 0.537. The fraction of sp³-hybridized carbons (Fsp3) is 0. The zero-order valence-electron chi connectivity index (χ0n) is 3.00. The minimum atomic E-state index is -1.72. The summed E-state index contributed by atoms with van der Waals surface area (Å²) < 4.78 is 0. The van der Waals surface area contributed by atoms with E-state index in [0.717, 1.165) is 0 Å². The molecule has 0 aliphatic carbocycles. The molecule has 0 fully saturated rings. The zero-order valence-corrected chi connectivity index (χ0v) is 6.42. The average molecular weight is 163 g/mol. The number of hydrogen-bond donors (Lipinski definition) is 1. The fourth-order valence-corrected chi connectivity index (χ4v) is 0. The Morgan fingerprint density at radius 2 is 1.17 bits per heavy atom. The van der Waals surface area contributed by atoms with Gasteiger partial charge in [0, 0.05) is 7.05 Å². The number of rotatable bonds is 0. The van der Waals surface area contributed by atoms with Crippen molar-refractivity contribution in [1.82, 2.24) is 0 Å². The van der Waals surface area contributed by atoms with Crippen LogP contribution in [0.15, 0.2) is 0 Å². The van der Waals surface area contributed by atoms with Crippen LogP contribution in [0.2, 0.25) is 0 Å². The molecule has 5 heteroatoms. The Kier molecular flexibility index (Phi) is 16.6. The largest absolute Gasteiger partial charge is 0.643 e. The SMILES string of the molecule is [CH2]N.[Cl][Al]([Cl])[Cl]. The van der Waals surface area contributed by atoms with Gasteiger partial charge in [0.05, 0.1) is 0 Å². The molecule has 1 nitrogen and oxygen atoms in total. The summed E-state index contributed by atoms with van der Waals surface area (Å²) in [5.41, 5.74) is 4.25. The van der Waals surface area contributed by atoms with E-state index in [2.05, 4.69) is 12.8 Å². The Bertz CT molecular complexity index is 15.5. The maximum absolute atomic E-state index is 4.94. The van der Waals surface area contributed by atoms with Gasteiger partial charge in [-0.2, -0.15) is 0 Å². The van der Waals surface area contributed by atoms with Crippen LogP contribution in [0, 0.1) is 7.05 Å². The van der Waals surface area contributed by atoms with Crippen LogP contribution in [-0.2, 0) is 0 Å². The predicted molar refractivity (Wildman–Crippen MR) is 32.9 cm³/mol. The molecule has 0 atom stereocenters. The molecule has 37 valence electrons. The highest BCUT2D eigenvalue weighted by molar-refractivity contribution is 7.54. The van der Waals surface area contributed by atoms with Gasteiger partial charge in [-0.1, -0.05) is 0 Å². The maximum atomic E-state index is 4.94. The molecule has 0 spiro atoms. The van der Waals surface area contributed by atoms with Crippen molar-refractivity contribution in [3.05, 3.63) is 7.05 Å². The number of halogens is 3. The van der Waals surface area contributed by atoms with Gasteiger partial charge in [-0.25, -0.2) is 30.1 Å². The molecule has 0 bridgehead atoms. The van der Waals surface area contributed by atoms with E-state index in [9.17, 15) is 0 Å². The van der Waals surface area contributed by atoms with Gasteiger partial charge in [-0.15, -0.1) is 0 Å². The van der Waals surface area contributed by atoms with E-state index in [-0.39, 0.29) is 0 Å². The van der Waals surface area contributed by atoms with E-state index in [0.29, 0.717) is 0 Å². The molecule has 2 N–H and O–H groups in total. The van der Waals surface area contributed by atoms with Crippen LogP contribution in [0.5, 0.6) is 0 Å². The lowest BCUT2D eigenvalue weighted by Gasteiger charge is -1.57. The molecule has 0 aromatic rings. The smallest absolute Gasteiger partial charge is 0.329 e. The van der Waals surface area contributed by atoms with Crippen LogP contribution in [-0.4, -0.2) is 11.4 Å². The van der Waals surface area contributed by atoms with Crippen LogP contribution < -0.4 is 5.73 Å². The highest BCUT2D eigenvalue weighted by atomic mass is 35.8. The third kappa shape index (κ3) is 55.0. The fourth-order valence-electron chi connectivity index (χ4n) is 0. The molecule has 0 aromatic heterocycles. The molecule has 0 amide bonds. The molecule has 0 rings (SSSR count). The molecule has 0 unspecified atom stereocenters. The summed E-state index contributed by atoms with van der Waals surface area (Å²) >= 11 is -1.72. The molecule has 0 aromatic carbocycles. The highest BCUT2D eigenvalue weighted by Gasteiger charge is 2.00. The predicted octanol–water partition coefficient (Wildman–Crippen LogP) is 1.42. The van der Waals surface area contributed by atoms with Gasteiger partial charge in [-0.3, -0.25) is 0 Å². The van der Waals surface area contributed by atoms with E-state index in [4.69, 9.17) is 30.1 Å². The second-order valence-corrected chi connectivity index (χ2v) is 6.68. The van der Waals surface area contributed by atoms with E-state index in [1.165, 1.54) is 0 Å². The highest BCUT2D eigenvalue weighted by Crippen LogP contribution is 1.97. The van der Waals surface area contributed by atoms with E-state index < -0.39 is 11.4 Å². The van der Waals surface area contributed by atoms with Crippen molar-refractivity contribution in [3.63, 3.8) is 0 Å². The van der Waals surface area contributed by atoms with Crippen molar-refractivity contribution in [3.8, 4) is 0 Å². The average Bonchev–Trinajstić information content (AvgIpc) is 1.41. The molecule has 1 radical (unpaired) electrons. The first-order valence-electron chi connectivity index (χ1n) is 1.06. The van der Waals surface area contributed by atoms with Crippen LogP contribution in [0.3, 0.4) is 0 Å². The second kappa shape index (κ2) is 9.61. The van der Waals surface area contributed by atoms with Gasteiger partial charge in [0.2, 0.25) is 0 Å². The van der Waals surface area contributed by atoms with Crippen molar-refractivity contribution in [2.75, 3.05) is 0 Å². The van der Waals surface area contributed by atoms with E-state index in [1.54, 1.807) is 0 Å².